The van der Waals surface area contributed by atoms with E-state index in [2.05, 4.69) is 8.67 Å². The maximum atomic E-state index is 9.37. The summed E-state index contributed by atoms with van der Waals surface area (Å²) < 4.78 is 61.5. The average Bonchev–Trinajstić information content (AvgIpc) is 1.57. The molecule has 0 bridgehead atoms. The van der Waals surface area contributed by atoms with Crippen molar-refractivity contribution < 1.29 is 51.7 Å². The molecule has 0 aromatic heterocycles. The zero-order valence-corrected chi connectivity index (χ0v) is 8.27. The quantitative estimate of drug-likeness (QED) is 0.205. The molecule has 12 heteroatoms. The van der Waals surface area contributed by atoms with Gasteiger partial charge < -0.3 is 15.3 Å². The van der Waals surface area contributed by atoms with Crippen molar-refractivity contribution in [3.05, 3.63) is 0 Å². The Kier molecular flexibility index (Phi) is 8.74. The van der Waals surface area contributed by atoms with Crippen LogP contribution in [0.2, 0.25) is 0 Å². The second-order valence-corrected chi connectivity index (χ2v) is 2.86. The van der Waals surface area contributed by atoms with Gasteiger partial charge in [-0.3, -0.25) is 0 Å². The number of rotatable bonds is 3. The molecule has 0 aliphatic rings. The minimum atomic E-state index is -5.31. The minimum Gasteiger partial charge on any atom is -0.724 e. The molecular weight excluding hydrogens is 261 g/mol. The van der Waals surface area contributed by atoms with Gasteiger partial charge in [0, 0.05) is 17.1 Å². The largest absolute Gasteiger partial charge is 0.724 e. The number of hydrogen-bond donors (Lipinski definition) is 1. The van der Waals surface area contributed by atoms with Gasteiger partial charge in [-0.25, -0.2) is 16.8 Å². The second-order valence-electron chi connectivity index (χ2n) is 0.953. The van der Waals surface area contributed by atoms with Crippen LogP contribution in [-0.2, 0) is 46.5 Å². The standard InChI is InChI=1S/Mn.H3N.H2O8S2/c;;1-9(2,3)7-8-10(4,5)6/h;1H3;(H,1,2,3)(H,4,5,6)/p-1. The van der Waals surface area contributed by atoms with Crippen LogP contribution in [0, 0.1) is 0 Å². The molecular formula is H4MnNO8S2-. The summed E-state index contributed by atoms with van der Waals surface area (Å²) in [5.41, 5.74) is 0. The van der Waals surface area contributed by atoms with Gasteiger partial charge in [0.15, 0.2) is 0 Å². The predicted octanol–water partition coefficient (Wildman–Crippen LogP) is -1.77. The molecule has 1 radical (unpaired) electrons. The Morgan fingerprint density at radius 3 is 1.08 bits per heavy atom. The van der Waals surface area contributed by atoms with Crippen LogP contribution in [0.15, 0.2) is 0 Å². The van der Waals surface area contributed by atoms with Gasteiger partial charge in [-0.1, -0.05) is 0 Å². The SMILES string of the molecule is O=S(=O)([O-])OOS(=O)(=O)[O-].[Mn].[NH4+]. The Hall–Kier alpha value is 0.219. The van der Waals surface area contributed by atoms with Gasteiger partial charge in [-0.05, 0) is 0 Å². The summed E-state index contributed by atoms with van der Waals surface area (Å²) in [7, 11) is -10.6. The van der Waals surface area contributed by atoms with Crippen molar-refractivity contribution >= 4 is 20.8 Å². The molecule has 0 unspecified atom stereocenters. The first-order chi connectivity index (χ1) is 4.21. The van der Waals surface area contributed by atoms with Crippen LogP contribution in [-0.4, -0.2) is 25.9 Å². The molecule has 0 amide bonds. The fraction of sp³-hybridized carbons (Fsp3) is 0. The van der Waals surface area contributed by atoms with E-state index in [4.69, 9.17) is 0 Å². The van der Waals surface area contributed by atoms with Crippen LogP contribution in [0.4, 0.5) is 0 Å². The molecule has 0 aliphatic heterocycles. The van der Waals surface area contributed by atoms with Gasteiger partial charge in [-0.15, -0.1) is 8.67 Å². The summed E-state index contributed by atoms with van der Waals surface area (Å²) in [6.07, 6.45) is 0. The second kappa shape index (κ2) is 5.80. The molecule has 0 saturated heterocycles. The summed E-state index contributed by atoms with van der Waals surface area (Å²) >= 11 is 0. The smallest absolute Gasteiger partial charge is 0.246 e. The van der Waals surface area contributed by atoms with Gasteiger partial charge in [0.05, 0.1) is 0 Å². The van der Waals surface area contributed by atoms with E-state index >= 15 is 0 Å². The predicted molar refractivity (Wildman–Crippen MR) is 27.5 cm³/mol. The Labute approximate surface area is 78.9 Å². The minimum absolute atomic E-state index is 0. The molecule has 0 aromatic carbocycles. The molecule has 0 aliphatic carbocycles. The van der Waals surface area contributed by atoms with Crippen molar-refractivity contribution in [1.29, 1.82) is 0 Å². The summed E-state index contributed by atoms with van der Waals surface area (Å²) in [6, 6.07) is 0. The fourth-order valence-electron chi connectivity index (χ4n) is 0.0680. The molecule has 9 nitrogen and oxygen atoms in total. The normalized spacial score (nSPS) is 11.2. The van der Waals surface area contributed by atoms with Gasteiger partial charge >= 0.3 is 0 Å². The molecule has 0 aromatic rings. The van der Waals surface area contributed by atoms with E-state index in [1.165, 1.54) is 0 Å². The number of hydrogen-bond acceptors (Lipinski definition) is 8. The third-order valence-corrected chi connectivity index (χ3v) is 0.750. The zero-order chi connectivity index (χ0) is 8.41. The first kappa shape index (κ1) is 18.1. The van der Waals surface area contributed by atoms with Crippen LogP contribution < -0.4 is 6.15 Å². The first-order valence-corrected chi connectivity index (χ1v) is 4.17. The van der Waals surface area contributed by atoms with Crippen LogP contribution in [0.5, 0.6) is 0 Å². The van der Waals surface area contributed by atoms with E-state index in [-0.39, 0.29) is 23.2 Å². The number of quaternary nitrogens is 1. The van der Waals surface area contributed by atoms with Gasteiger partial charge in [0.1, 0.15) is 0 Å². The first-order valence-electron chi connectivity index (χ1n) is 1.50. The summed E-state index contributed by atoms with van der Waals surface area (Å²) in [5, 5.41) is 0. The third-order valence-electron chi connectivity index (χ3n) is 0.194. The van der Waals surface area contributed by atoms with Crippen LogP contribution in [0.25, 0.3) is 0 Å². The average molecular weight is 265 g/mol. The molecule has 0 atom stereocenters. The maximum Gasteiger partial charge on any atom is 0.246 e. The van der Waals surface area contributed by atoms with Gasteiger partial charge in [0.25, 0.3) is 0 Å². The fourth-order valence-corrected chi connectivity index (χ4v) is 0.612. The van der Waals surface area contributed by atoms with Crippen molar-refractivity contribution in [3.63, 3.8) is 0 Å². The van der Waals surface area contributed by atoms with E-state index in [1.807, 2.05) is 0 Å². The molecule has 0 saturated carbocycles. The van der Waals surface area contributed by atoms with Crippen LogP contribution in [0.1, 0.15) is 0 Å². The monoisotopic (exact) mass is 265 g/mol. The van der Waals surface area contributed by atoms with E-state index in [0.717, 1.165) is 0 Å². The molecule has 0 heterocycles. The van der Waals surface area contributed by atoms with E-state index in [0.29, 0.717) is 0 Å². The van der Waals surface area contributed by atoms with Crippen molar-refractivity contribution in [2.45, 2.75) is 0 Å². The topological polar surface area (TPSA) is 169 Å². The molecule has 4 N–H and O–H groups in total. The van der Waals surface area contributed by atoms with Gasteiger partial charge in [0.2, 0.25) is 20.8 Å². The van der Waals surface area contributed by atoms with E-state index < -0.39 is 20.8 Å². The summed E-state index contributed by atoms with van der Waals surface area (Å²) in [4.78, 5) is 0. The van der Waals surface area contributed by atoms with Crippen molar-refractivity contribution in [3.8, 4) is 0 Å². The van der Waals surface area contributed by atoms with E-state index in [9.17, 15) is 25.9 Å². The molecule has 0 fully saturated rings. The Morgan fingerprint density at radius 2 is 1.00 bits per heavy atom. The Morgan fingerprint density at radius 1 is 0.833 bits per heavy atom. The third kappa shape index (κ3) is 16.7. The van der Waals surface area contributed by atoms with Crippen LogP contribution >= 0.6 is 0 Å². The van der Waals surface area contributed by atoms with Crippen molar-refractivity contribution in [1.82, 2.24) is 6.15 Å². The van der Waals surface area contributed by atoms with Gasteiger partial charge in [-0.2, -0.15) is 0 Å². The van der Waals surface area contributed by atoms with Crippen molar-refractivity contribution in [2.24, 2.45) is 0 Å². The maximum absolute atomic E-state index is 9.37. The molecule has 0 spiro atoms. The zero-order valence-electron chi connectivity index (χ0n) is 5.46. The summed E-state index contributed by atoms with van der Waals surface area (Å²) in [5.74, 6) is 0. The Balaban J connectivity index is -0.000000405. The summed E-state index contributed by atoms with van der Waals surface area (Å²) in [6.45, 7) is 0. The van der Waals surface area contributed by atoms with Crippen LogP contribution in [0.3, 0.4) is 0 Å². The molecule has 12 heavy (non-hydrogen) atoms. The molecule has 77 valence electrons. The Bertz CT molecular complexity index is 253. The molecule has 0 rings (SSSR count). The van der Waals surface area contributed by atoms with Crippen molar-refractivity contribution in [2.75, 3.05) is 0 Å². The van der Waals surface area contributed by atoms with E-state index in [1.54, 1.807) is 0 Å².